The molecular formula is C10H14N2O. The monoisotopic (exact) mass is 178 g/mol. The standard InChI is InChI=1S/C10H14N2O/c1-6-5-9(13-3)7(2)4-8(6)10(11)12/h4-5H,1-3H3,(H3,11,12). The highest BCUT2D eigenvalue weighted by Crippen LogP contribution is 2.21. The third kappa shape index (κ3) is 1.80. The van der Waals surface area contributed by atoms with Gasteiger partial charge in [-0.15, -0.1) is 0 Å². The quantitative estimate of drug-likeness (QED) is 0.533. The van der Waals surface area contributed by atoms with Crippen LogP contribution in [0.25, 0.3) is 0 Å². The summed E-state index contributed by atoms with van der Waals surface area (Å²) in [5.74, 6) is 0.936. The van der Waals surface area contributed by atoms with Gasteiger partial charge < -0.3 is 10.5 Å². The van der Waals surface area contributed by atoms with Crippen molar-refractivity contribution in [3.63, 3.8) is 0 Å². The van der Waals surface area contributed by atoms with Crippen molar-refractivity contribution in [2.24, 2.45) is 5.73 Å². The van der Waals surface area contributed by atoms with Crippen LogP contribution in [0.15, 0.2) is 12.1 Å². The highest BCUT2D eigenvalue weighted by molar-refractivity contribution is 5.96. The fourth-order valence-electron chi connectivity index (χ4n) is 1.30. The minimum atomic E-state index is 0.100. The van der Waals surface area contributed by atoms with Gasteiger partial charge in [0.25, 0.3) is 0 Å². The van der Waals surface area contributed by atoms with Gasteiger partial charge >= 0.3 is 0 Å². The van der Waals surface area contributed by atoms with Gasteiger partial charge in [0.2, 0.25) is 0 Å². The zero-order valence-corrected chi connectivity index (χ0v) is 8.14. The minimum absolute atomic E-state index is 0.100. The molecule has 0 radical (unpaired) electrons. The lowest BCUT2D eigenvalue weighted by Crippen LogP contribution is -2.13. The molecule has 70 valence electrons. The molecule has 1 rings (SSSR count). The van der Waals surface area contributed by atoms with Crippen molar-refractivity contribution < 1.29 is 4.74 Å². The van der Waals surface area contributed by atoms with Gasteiger partial charge in [0.1, 0.15) is 11.6 Å². The van der Waals surface area contributed by atoms with Gasteiger partial charge in [-0.05, 0) is 37.1 Å². The Labute approximate surface area is 78.0 Å². The van der Waals surface area contributed by atoms with Crippen LogP contribution in [-0.2, 0) is 0 Å². The summed E-state index contributed by atoms with van der Waals surface area (Å²) in [6.45, 7) is 3.85. The molecule has 1 aromatic carbocycles. The van der Waals surface area contributed by atoms with E-state index in [1.54, 1.807) is 7.11 Å². The van der Waals surface area contributed by atoms with Crippen LogP contribution in [-0.4, -0.2) is 12.9 Å². The summed E-state index contributed by atoms with van der Waals surface area (Å²) in [4.78, 5) is 0. The number of ether oxygens (including phenoxy) is 1. The van der Waals surface area contributed by atoms with Gasteiger partial charge in [-0.3, -0.25) is 5.41 Å². The van der Waals surface area contributed by atoms with Crippen LogP contribution in [0.1, 0.15) is 16.7 Å². The number of benzene rings is 1. The Morgan fingerprint density at radius 1 is 1.31 bits per heavy atom. The average Bonchev–Trinajstić information content (AvgIpc) is 2.07. The molecule has 3 N–H and O–H groups in total. The number of hydrogen-bond donors (Lipinski definition) is 2. The van der Waals surface area contributed by atoms with Crippen molar-refractivity contribution in [2.45, 2.75) is 13.8 Å². The number of nitrogen functional groups attached to an aromatic ring is 1. The third-order valence-electron chi connectivity index (χ3n) is 2.03. The third-order valence-corrected chi connectivity index (χ3v) is 2.03. The summed E-state index contributed by atoms with van der Waals surface area (Å²) in [5.41, 5.74) is 8.16. The van der Waals surface area contributed by atoms with E-state index in [4.69, 9.17) is 15.9 Å². The largest absolute Gasteiger partial charge is 0.496 e. The van der Waals surface area contributed by atoms with Crippen LogP contribution < -0.4 is 10.5 Å². The molecule has 0 heterocycles. The molecule has 0 saturated carbocycles. The Balaban J connectivity index is 3.28. The van der Waals surface area contributed by atoms with E-state index < -0.39 is 0 Å². The molecular weight excluding hydrogens is 164 g/mol. The number of amidine groups is 1. The van der Waals surface area contributed by atoms with Crippen LogP contribution in [0.2, 0.25) is 0 Å². The molecule has 0 bridgehead atoms. The molecule has 0 aliphatic rings. The van der Waals surface area contributed by atoms with E-state index in [1.807, 2.05) is 26.0 Å². The second-order valence-electron chi connectivity index (χ2n) is 3.05. The van der Waals surface area contributed by atoms with E-state index in [1.165, 1.54) is 0 Å². The van der Waals surface area contributed by atoms with Crippen LogP contribution in [0, 0.1) is 19.3 Å². The maximum Gasteiger partial charge on any atom is 0.123 e. The number of nitrogens with one attached hydrogen (secondary N) is 1. The van der Waals surface area contributed by atoms with E-state index in [-0.39, 0.29) is 5.84 Å². The van der Waals surface area contributed by atoms with Gasteiger partial charge in [0.15, 0.2) is 0 Å². The van der Waals surface area contributed by atoms with E-state index in [0.717, 1.165) is 22.4 Å². The lowest BCUT2D eigenvalue weighted by Gasteiger charge is -2.09. The molecule has 0 fully saturated rings. The molecule has 0 unspecified atom stereocenters. The minimum Gasteiger partial charge on any atom is -0.496 e. The molecule has 13 heavy (non-hydrogen) atoms. The first-order valence-corrected chi connectivity index (χ1v) is 4.06. The fourth-order valence-corrected chi connectivity index (χ4v) is 1.30. The van der Waals surface area contributed by atoms with E-state index in [9.17, 15) is 0 Å². The van der Waals surface area contributed by atoms with Crippen molar-refractivity contribution in [3.8, 4) is 5.75 Å². The molecule has 0 aromatic heterocycles. The number of methoxy groups -OCH3 is 1. The lowest BCUT2D eigenvalue weighted by molar-refractivity contribution is 0.411. The average molecular weight is 178 g/mol. The highest BCUT2D eigenvalue weighted by atomic mass is 16.5. The van der Waals surface area contributed by atoms with Crippen molar-refractivity contribution in [2.75, 3.05) is 7.11 Å². The molecule has 0 saturated heterocycles. The molecule has 0 atom stereocenters. The summed E-state index contributed by atoms with van der Waals surface area (Å²) in [6.07, 6.45) is 0. The van der Waals surface area contributed by atoms with Crippen LogP contribution >= 0.6 is 0 Å². The first kappa shape index (κ1) is 9.58. The summed E-state index contributed by atoms with van der Waals surface area (Å²) in [5, 5.41) is 7.34. The molecule has 3 heteroatoms. The van der Waals surface area contributed by atoms with E-state index in [0.29, 0.717) is 0 Å². The van der Waals surface area contributed by atoms with Crippen LogP contribution in [0.3, 0.4) is 0 Å². The normalized spacial score (nSPS) is 9.77. The van der Waals surface area contributed by atoms with Crippen molar-refractivity contribution in [1.29, 1.82) is 5.41 Å². The van der Waals surface area contributed by atoms with Crippen molar-refractivity contribution in [1.82, 2.24) is 0 Å². The van der Waals surface area contributed by atoms with E-state index in [2.05, 4.69) is 0 Å². The lowest BCUT2D eigenvalue weighted by atomic mass is 10.0. The van der Waals surface area contributed by atoms with Gasteiger partial charge in [0, 0.05) is 5.56 Å². The Morgan fingerprint density at radius 3 is 2.38 bits per heavy atom. The topological polar surface area (TPSA) is 59.1 Å². The van der Waals surface area contributed by atoms with E-state index >= 15 is 0 Å². The van der Waals surface area contributed by atoms with Crippen molar-refractivity contribution >= 4 is 5.84 Å². The van der Waals surface area contributed by atoms with Gasteiger partial charge in [-0.2, -0.15) is 0 Å². The molecule has 0 aliphatic heterocycles. The Hall–Kier alpha value is -1.51. The Morgan fingerprint density at radius 2 is 1.92 bits per heavy atom. The Bertz CT molecular complexity index is 345. The summed E-state index contributed by atoms with van der Waals surface area (Å²) in [6, 6.07) is 3.77. The number of nitrogens with two attached hydrogens (primary N) is 1. The summed E-state index contributed by atoms with van der Waals surface area (Å²) >= 11 is 0. The van der Waals surface area contributed by atoms with Crippen LogP contribution in [0.4, 0.5) is 0 Å². The molecule has 0 aliphatic carbocycles. The van der Waals surface area contributed by atoms with Gasteiger partial charge in [-0.25, -0.2) is 0 Å². The number of rotatable bonds is 2. The predicted octanol–water partition coefficient (Wildman–Crippen LogP) is 1.60. The predicted molar refractivity (Wildman–Crippen MR) is 53.5 cm³/mol. The molecule has 3 nitrogen and oxygen atoms in total. The zero-order valence-electron chi connectivity index (χ0n) is 8.14. The second kappa shape index (κ2) is 3.47. The zero-order chi connectivity index (χ0) is 10.0. The molecule has 0 spiro atoms. The highest BCUT2D eigenvalue weighted by Gasteiger charge is 2.06. The first-order valence-electron chi connectivity index (χ1n) is 4.06. The number of aryl methyl sites for hydroxylation is 2. The Kier molecular flexibility index (Phi) is 2.56. The molecule has 1 aromatic rings. The molecule has 0 amide bonds. The smallest absolute Gasteiger partial charge is 0.123 e. The summed E-state index contributed by atoms with van der Waals surface area (Å²) in [7, 11) is 1.63. The SMILES string of the molecule is COc1cc(C)c(C(=N)N)cc1C. The fraction of sp³-hybridized carbons (Fsp3) is 0.300. The maximum absolute atomic E-state index is 7.34. The number of hydrogen-bond acceptors (Lipinski definition) is 2. The van der Waals surface area contributed by atoms with Crippen LogP contribution in [0.5, 0.6) is 5.75 Å². The summed E-state index contributed by atoms with van der Waals surface area (Å²) < 4.78 is 5.15. The van der Waals surface area contributed by atoms with Gasteiger partial charge in [-0.1, -0.05) is 0 Å². The first-order chi connectivity index (χ1) is 6.06. The maximum atomic E-state index is 7.34. The second-order valence-corrected chi connectivity index (χ2v) is 3.05. The van der Waals surface area contributed by atoms with Gasteiger partial charge in [0.05, 0.1) is 7.11 Å². The van der Waals surface area contributed by atoms with Crippen molar-refractivity contribution in [3.05, 3.63) is 28.8 Å².